The first-order valence-corrected chi connectivity index (χ1v) is 8.17. The second kappa shape index (κ2) is 7.33. The van der Waals surface area contributed by atoms with Crippen molar-refractivity contribution in [3.63, 3.8) is 0 Å². The molecule has 0 amide bonds. The summed E-state index contributed by atoms with van der Waals surface area (Å²) >= 11 is 0. The first kappa shape index (κ1) is 18.4. The maximum atomic E-state index is 5.59. The molecule has 8 nitrogen and oxygen atoms in total. The molecule has 2 aromatic rings. The fourth-order valence-corrected chi connectivity index (χ4v) is 2.41. The summed E-state index contributed by atoms with van der Waals surface area (Å²) in [5.74, 6) is 1.53. The smallest absolute Gasteiger partial charge is 0.222 e. The van der Waals surface area contributed by atoms with Gasteiger partial charge in [-0.3, -0.25) is 0 Å². The Hall–Kier alpha value is -2.90. The van der Waals surface area contributed by atoms with Crippen molar-refractivity contribution in [3.8, 4) is 0 Å². The van der Waals surface area contributed by atoms with Crippen molar-refractivity contribution in [2.75, 3.05) is 5.73 Å². The third kappa shape index (κ3) is 4.14. The van der Waals surface area contributed by atoms with E-state index in [1.807, 2.05) is 22.6 Å². The van der Waals surface area contributed by atoms with Crippen LogP contribution in [0.4, 0.5) is 5.95 Å². The lowest BCUT2D eigenvalue weighted by Crippen LogP contribution is -2.28. The summed E-state index contributed by atoms with van der Waals surface area (Å²) in [7, 11) is 0. The maximum absolute atomic E-state index is 5.59. The lowest BCUT2D eigenvalue weighted by Gasteiger charge is -2.26. The van der Waals surface area contributed by atoms with E-state index in [4.69, 9.17) is 11.5 Å². The van der Waals surface area contributed by atoms with Crippen LogP contribution in [-0.4, -0.2) is 36.3 Å². The van der Waals surface area contributed by atoms with E-state index in [9.17, 15) is 0 Å². The summed E-state index contributed by atoms with van der Waals surface area (Å²) in [6.07, 6.45) is 5.44. The molecule has 0 radical (unpaired) electrons. The second-order valence-electron chi connectivity index (χ2n) is 6.35. The molecule has 8 heteroatoms. The van der Waals surface area contributed by atoms with Crippen LogP contribution in [0, 0.1) is 6.92 Å². The van der Waals surface area contributed by atoms with Crippen LogP contribution in [0.1, 0.15) is 39.4 Å². The number of fused-ring (bicyclic) bond motifs is 1. The highest BCUT2D eigenvalue weighted by atomic mass is 15.2. The van der Waals surface area contributed by atoms with Crippen molar-refractivity contribution >= 4 is 22.9 Å². The predicted molar refractivity (Wildman–Crippen MR) is 102 cm³/mol. The molecule has 0 saturated carbocycles. The molecule has 0 aliphatic carbocycles. The van der Waals surface area contributed by atoms with Gasteiger partial charge in [0.05, 0.1) is 12.0 Å². The highest BCUT2D eigenvalue weighted by Gasteiger charge is 2.11. The molecular formula is C17H26N8. The number of amidine groups is 1. The van der Waals surface area contributed by atoms with Crippen molar-refractivity contribution in [1.29, 1.82) is 0 Å². The van der Waals surface area contributed by atoms with Gasteiger partial charge in [-0.2, -0.15) is 4.98 Å². The molecule has 0 fully saturated rings. The van der Waals surface area contributed by atoms with Gasteiger partial charge in [0.15, 0.2) is 5.65 Å². The first-order valence-electron chi connectivity index (χ1n) is 8.17. The van der Waals surface area contributed by atoms with E-state index in [1.165, 1.54) is 0 Å². The molecule has 3 heterocycles. The van der Waals surface area contributed by atoms with Crippen molar-refractivity contribution < 1.29 is 0 Å². The highest BCUT2D eigenvalue weighted by Crippen LogP contribution is 2.18. The Morgan fingerprint density at radius 2 is 1.76 bits per heavy atom. The summed E-state index contributed by atoms with van der Waals surface area (Å²) in [4.78, 5) is 18.5. The van der Waals surface area contributed by atoms with Gasteiger partial charge in [-0.05, 0) is 40.7 Å². The number of aromatic nitrogens is 4. The molecule has 0 atom stereocenters. The van der Waals surface area contributed by atoms with Crippen LogP contribution in [0.2, 0.25) is 0 Å². The van der Waals surface area contributed by atoms with Crippen molar-refractivity contribution in [1.82, 2.24) is 24.4 Å². The normalized spacial score (nSPS) is 14.1. The Morgan fingerprint density at radius 1 is 1.08 bits per heavy atom. The maximum Gasteiger partial charge on any atom is 0.222 e. The number of nitrogen functional groups attached to an aromatic ring is 1. The van der Waals surface area contributed by atoms with Crippen LogP contribution in [-0.2, 0) is 0 Å². The molecule has 2 aromatic heterocycles. The molecule has 3 rings (SSSR count). The largest absolute Gasteiger partial charge is 0.384 e. The molecule has 0 spiro atoms. The first-order chi connectivity index (χ1) is 11.7. The number of nitrogens with zero attached hydrogens (tertiary/aromatic N) is 6. The fraction of sp³-hybridized carbons (Fsp3) is 0.412. The number of nitrogens with two attached hydrogens (primary N) is 2. The lowest BCUT2D eigenvalue weighted by molar-refractivity contribution is 0.380. The van der Waals surface area contributed by atoms with Crippen molar-refractivity contribution in [3.05, 3.63) is 36.7 Å². The van der Waals surface area contributed by atoms with Crippen LogP contribution in [0.5, 0.6) is 0 Å². The Morgan fingerprint density at radius 3 is 2.32 bits per heavy atom. The molecular weight excluding hydrogens is 316 g/mol. The molecule has 1 aliphatic rings. The summed E-state index contributed by atoms with van der Waals surface area (Å²) in [6, 6.07) is 0.712. The Labute approximate surface area is 148 Å². The van der Waals surface area contributed by atoms with Crippen molar-refractivity contribution in [2.24, 2.45) is 10.7 Å². The van der Waals surface area contributed by atoms with Gasteiger partial charge in [0.2, 0.25) is 5.95 Å². The molecule has 1 aliphatic heterocycles. The molecule has 25 heavy (non-hydrogen) atoms. The van der Waals surface area contributed by atoms with Gasteiger partial charge in [0.25, 0.3) is 0 Å². The molecule has 0 unspecified atom stereocenters. The van der Waals surface area contributed by atoms with Gasteiger partial charge >= 0.3 is 0 Å². The Bertz CT molecular complexity index is 829. The van der Waals surface area contributed by atoms with Gasteiger partial charge in [-0.1, -0.05) is 6.58 Å². The van der Waals surface area contributed by atoms with Crippen LogP contribution >= 0.6 is 0 Å². The van der Waals surface area contributed by atoms with Gasteiger partial charge in [-0.15, -0.1) is 0 Å². The SMILES string of the molecule is C=C1N=C(N)C=CN1C(C)C.Cc1nc(N)nc2c1ncn2C(C)C. The number of hydrogen-bond acceptors (Lipinski definition) is 7. The quantitative estimate of drug-likeness (QED) is 0.866. The Kier molecular flexibility index (Phi) is 5.41. The zero-order valence-corrected chi connectivity index (χ0v) is 15.4. The fourth-order valence-electron chi connectivity index (χ4n) is 2.41. The second-order valence-corrected chi connectivity index (χ2v) is 6.35. The minimum atomic E-state index is 0.303. The van der Waals surface area contributed by atoms with Crippen LogP contribution in [0.3, 0.4) is 0 Å². The third-order valence-corrected chi connectivity index (χ3v) is 3.69. The molecule has 0 bridgehead atoms. The average Bonchev–Trinajstić information content (AvgIpc) is 2.91. The number of imidazole rings is 1. The number of aliphatic imine (C=N–C) groups is 1. The summed E-state index contributed by atoms with van der Waals surface area (Å²) in [5.41, 5.74) is 13.5. The highest BCUT2D eigenvalue weighted by molar-refractivity contribution is 5.92. The van der Waals surface area contributed by atoms with Crippen molar-refractivity contribution in [2.45, 2.75) is 46.7 Å². The molecule has 134 valence electrons. The van der Waals surface area contributed by atoms with Gasteiger partial charge in [0, 0.05) is 18.3 Å². The van der Waals surface area contributed by atoms with Crippen LogP contribution < -0.4 is 11.5 Å². The summed E-state index contributed by atoms with van der Waals surface area (Å²) in [5, 5.41) is 0. The Balaban J connectivity index is 0.000000186. The van der Waals surface area contributed by atoms with E-state index >= 15 is 0 Å². The summed E-state index contributed by atoms with van der Waals surface area (Å²) < 4.78 is 1.99. The zero-order chi connectivity index (χ0) is 18.7. The molecule has 0 saturated heterocycles. The van der Waals surface area contributed by atoms with Crippen LogP contribution in [0.15, 0.2) is 36.0 Å². The van der Waals surface area contributed by atoms with E-state index in [0.717, 1.165) is 16.9 Å². The number of rotatable bonds is 2. The number of aryl methyl sites for hydroxylation is 1. The van der Waals surface area contributed by atoms with Gasteiger partial charge in [-0.25, -0.2) is 15.0 Å². The summed E-state index contributed by atoms with van der Waals surface area (Å²) in [6.45, 7) is 14.0. The topological polar surface area (TPSA) is 111 Å². The standard InChI is InChI=1S/C9H13N5.C8H13N3/c1-5(2)14-4-11-7-6(3)12-9(10)13-8(7)14;1-6(2)11-5-4-8(9)10-7(11)3/h4-5H,1-3H3,(H2,10,12,13);4-6H,3H2,1-2H3,(H2,9,10). The van der Waals surface area contributed by atoms with Gasteiger partial charge in [0.1, 0.15) is 17.2 Å². The van der Waals surface area contributed by atoms with Gasteiger partial charge < -0.3 is 20.9 Å². The zero-order valence-electron chi connectivity index (χ0n) is 15.4. The van der Waals surface area contributed by atoms with E-state index in [0.29, 0.717) is 29.7 Å². The van der Waals surface area contributed by atoms with E-state index < -0.39 is 0 Å². The molecule has 4 N–H and O–H groups in total. The average molecular weight is 342 g/mol. The number of anilines is 1. The lowest BCUT2D eigenvalue weighted by atomic mass is 10.3. The third-order valence-electron chi connectivity index (χ3n) is 3.69. The molecule has 0 aromatic carbocycles. The minimum absolute atomic E-state index is 0.303. The predicted octanol–water partition coefficient (Wildman–Crippen LogP) is 2.35. The monoisotopic (exact) mass is 342 g/mol. The minimum Gasteiger partial charge on any atom is -0.384 e. The van der Waals surface area contributed by atoms with E-state index in [2.05, 4.69) is 54.2 Å². The van der Waals surface area contributed by atoms with E-state index in [1.54, 1.807) is 12.4 Å². The number of hydrogen-bond donors (Lipinski definition) is 2. The van der Waals surface area contributed by atoms with Crippen LogP contribution in [0.25, 0.3) is 11.2 Å². The van der Waals surface area contributed by atoms with E-state index in [-0.39, 0.29) is 0 Å².